The van der Waals surface area contributed by atoms with E-state index in [4.69, 9.17) is 10.2 Å². The Morgan fingerprint density at radius 1 is 0.913 bits per heavy atom. The molecule has 23 heavy (non-hydrogen) atoms. The Morgan fingerprint density at radius 2 is 1.61 bits per heavy atom. The second-order valence-corrected chi connectivity index (χ2v) is 4.71. The van der Waals surface area contributed by atoms with E-state index in [1.807, 2.05) is 0 Å². The predicted octanol–water partition coefficient (Wildman–Crippen LogP) is 1.73. The van der Waals surface area contributed by atoms with Crippen LogP contribution >= 0.6 is 0 Å². The number of aromatic nitrogens is 4. The highest BCUT2D eigenvalue weighted by atomic mass is 16.4. The van der Waals surface area contributed by atoms with Gasteiger partial charge in [0.1, 0.15) is 6.33 Å². The van der Waals surface area contributed by atoms with Gasteiger partial charge < -0.3 is 10.2 Å². The van der Waals surface area contributed by atoms with Gasteiger partial charge in [0, 0.05) is 0 Å². The number of benzene rings is 2. The molecule has 3 rings (SSSR count). The third-order valence-corrected chi connectivity index (χ3v) is 3.22. The fourth-order valence-corrected chi connectivity index (χ4v) is 2.15. The Kier molecular flexibility index (Phi) is 3.55. The first-order chi connectivity index (χ1) is 11.0. The van der Waals surface area contributed by atoms with E-state index in [1.165, 1.54) is 23.1 Å². The van der Waals surface area contributed by atoms with Crippen LogP contribution in [0.15, 0.2) is 48.8 Å². The van der Waals surface area contributed by atoms with E-state index < -0.39 is 11.9 Å². The molecule has 1 heterocycles. The normalized spacial score (nSPS) is 10.4. The number of carbonyl (C=O) groups is 2. The van der Waals surface area contributed by atoms with Gasteiger partial charge >= 0.3 is 11.9 Å². The van der Waals surface area contributed by atoms with Gasteiger partial charge in [-0.2, -0.15) is 0 Å². The molecule has 0 aliphatic rings. The van der Waals surface area contributed by atoms with Crippen LogP contribution in [0.3, 0.4) is 0 Å². The Labute approximate surface area is 129 Å². The van der Waals surface area contributed by atoms with Crippen LogP contribution in [-0.2, 0) is 0 Å². The molecule has 0 amide bonds. The number of rotatable bonds is 4. The standard InChI is InChI=1S/C15H10N4O4/c20-14(21)11-4-10(5-12(6-11)15(22)23)9-2-1-3-13(7-9)19-8-16-17-18-19/h1-8H,(H,20,21)(H,22,23). The first-order valence-corrected chi connectivity index (χ1v) is 6.50. The fraction of sp³-hybridized carbons (Fsp3) is 0. The fourth-order valence-electron chi connectivity index (χ4n) is 2.15. The zero-order valence-electron chi connectivity index (χ0n) is 11.6. The first-order valence-electron chi connectivity index (χ1n) is 6.50. The average molecular weight is 310 g/mol. The van der Waals surface area contributed by atoms with Gasteiger partial charge in [-0.15, -0.1) is 5.10 Å². The van der Waals surface area contributed by atoms with E-state index in [0.717, 1.165) is 6.07 Å². The third kappa shape index (κ3) is 2.91. The van der Waals surface area contributed by atoms with Gasteiger partial charge in [0.15, 0.2) is 0 Å². The SMILES string of the molecule is O=C(O)c1cc(C(=O)O)cc(-c2cccc(-n3cnnn3)c2)c1. The largest absolute Gasteiger partial charge is 0.478 e. The van der Waals surface area contributed by atoms with Crippen molar-refractivity contribution >= 4 is 11.9 Å². The van der Waals surface area contributed by atoms with Crippen molar-refractivity contribution in [2.24, 2.45) is 0 Å². The summed E-state index contributed by atoms with van der Waals surface area (Å²) in [4.78, 5) is 22.4. The number of nitrogens with zero attached hydrogens (tertiary/aromatic N) is 4. The number of aromatic carboxylic acids is 2. The summed E-state index contributed by atoms with van der Waals surface area (Å²) in [6.07, 6.45) is 1.43. The molecule has 0 aliphatic carbocycles. The molecule has 0 unspecified atom stereocenters. The zero-order chi connectivity index (χ0) is 16.4. The molecule has 8 heteroatoms. The molecule has 2 N–H and O–H groups in total. The minimum absolute atomic E-state index is 0.0901. The summed E-state index contributed by atoms with van der Waals surface area (Å²) in [6, 6.07) is 11.0. The van der Waals surface area contributed by atoms with Crippen LogP contribution in [0.5, 0.6) is 0 Å². The summed E-state index contributed by atoms with van der Waals surface area (Å²) < 4.78 is 1.45. The highest BCUT2D eigenvalue weighted by Gasteiger charge is 2.13. The van der Waals surface area contributed by atoms with Crippen LogP contribution in [0.2, 0.25) is 0 Å². The molecule has 114 valence electrons. The van der Waals surface area contributed by atoms with Crippen molar-refractivity contribution in [1.29, 1.82) is 0 Å². The van der Waals surface area contributed by atoms with E-state index in [9.17, 15) is 9.59 Å². The lowest BCUT2D eigenvalue weighted by atomic mass is 9.99. The lowest BCUT2D eigenvalue weighted by molar-refractivity contribution is 0.0696. The number of hydrogen-bond donors (Lipinski definition) is 2. The summed E-state index contributed by atoms with van der Waals surface area (Å²) >= 11 is 0. The highest BCUT2D eigenvalue weighted by molar-refractivity contribution is 5.96. The number of tetrazole rings is 1. The van der Waals surface area contributed by atoms with E-state index in [0.29, 0.717) is 16.8 Å². The highest BCUT2D eigenvalue weighted by Crippen LogP contribution is 2.24. The second-order valence-electron chi connectivity index (χ2n) is 4.71. The lowest BCUT2D eigenvalue weighted by Gasteiger charge is -2.07. The van der Waals surface area contributed by atoms with Crippen LogP contribution in [-0.4, -0.2) is 42.4 Å². The van der Waals surface area contributed by atoms with Gasteiger partial charge in [0.05, 0.1) is 16.8 Å². The maximum absolute atomic E-state index is 11.2. The van der Waals surface area contributed by atoms with Crippen LogP contribution in [0, 0.1) is 0 Å². The molecular weight excluding hydrogens is 300 g/mol. The molecule has 0 radical (unpaired) electrons. The number of carboxylic acids is 2. The second kappa shape index (κ2) is 5.68. The molecule has 0 saturated heterocycles. The summed E-state index contributed by atoms with van der Waals surface area (Å²) in [5.41, 5.74) is 1.63. The molecule has 0 spiro atoms. The summed E-state index contributed by atoms with van der Waals surface area (Å²) in [5, 5.41) is 29.2. The maximum Gasteiger partial charge on any atom is 0.335 e. The summed E-state index contributed by atoms with van der Waals surface area (Å²) in [6.45, 7) is 0. The molecule has 0 saturated carbocycles. The molecular formula is C15H10N4O4. The van der Waals surface area contributed by atoms with Gasteiger partial charge in [-0.05, 0) is 51.9 Å². The quantitative estimate of drug-likeness (QED) is 0.753. The first kappa shape index (κ1) is 14.4. The van der Waals surface area contributed by atoms with E-state index in [2.05, 4.69) is 15.5 Å². The van der Waals surface area contributed by atoms with Gasteiger partial charge in [-0.3, -0.25) is 0 Å². The zero-order valence-corrected chi connectivity index (χ0v) is 11.6. The Morgan fingerprint density at radius 3 is 2.17 bits per heavy atom. The summed E-state index contributed by atoms with van der Waals surface area (Å²) in [7, 11) is 0. The number of hydrogen-bond acceptors (Lipinski definition) is 5. The molecule has 2 aromatic carbocycles. The van der Waals surface area contributed by atoms with Crippen molar-refractivity contribution in [3.8, 4) is 16.8 Å². The minimum Gasteiger partial charge on any atom is -0.478 e. The molecule has 3 aromatic rings. The Hall–Kier alpha value is -3.55. The minimum atomic E-state index is -1.19. The van der Waals surface area contributed by atoms with Crippen molar-refractivity contribution in [2.45, 2.75) is 0 Å². The van der Waals surface area contributed by atoms with Crippen molar-refractivity contribution in [3.05, 3.63) is 59.9 Å². The van der Waals surface area contributed by atoms with Crippen molar-refractivity contribution in [1.82, 2.24) is 20.2 Å². The van der Waals surface area contributed by atoms with Crippen molar-refractivity contribution in [2.75, 3.05) is 0 Å². The predicted molar refractivity (Wildman–Crippen MR) is 78.5 cm³/mol. The van der Waals surface area contributed by atoms with Gasteiger partial charge in [-0.25, -0.2) is 14.3 Å². The third-order valence-electron chi connectivity index (χ3n) is 3.22. The average Bonchev–Trinajstić information content (AvgIpc) is 3.09. The molecule has 0 fully saturated rings. The van der Waals surface area contributed by atoms with Crippen LogP contribution in [0.25, 0.3) is 16.8 Å². The van der Waals surface area contributed by atoms with Gasteiger partial charge in [-0.1, -0.05) is 12.1 Å². The van der Waals surface area contributed by atoms with Crippen molar-refractivity contribution in [3.63, 3.8) is 0 Å². The topological polar surface area (TPSA) is 118 Å². The van der Waals surface area contributed by atoms with E-state index in [-0.39, 0.29) is 11.1 Å². The molecule has 0 aliphatic heterocycles. The molecule has 0 bridgehead atoms. The monoisotopic (exact) mass is 310 g/mol. The van der Waals surface area contributed by atoms with Crippen LogP contribution in [0.1, 0.15) is 20.7 Å². The van der Waals surface area contributed by atoms with Crippen LogP contribution < -0.4 is 0 Å². The lowest BCUT2D eigenvalue weighted by Crippen LogP contribution is -2.03. The van der Waals surface area contributed by atoms with Crippen molar-refractivity contribution < 1.29 is 19.8 Å². The molecule has 8 nitrogen and oxygen atoms in total. The van der Waals surface area contributed by atoms with Gasteiger partial charge in [0.2, 0.25) is 0 Å². The van der Waals surface area contributed by atoms with Gasteiger partial charge in [0.25, 0.3) is 0 Å². The Bertz CT molecular complexity index is 858. The molecule has 0 atom stereocenters. The Balaban J connectivity index is 2.13. The smallest absolute Gasteiger partial charge is 0.335 e. The maximum atomic E-state index is 11.2. The van der Waals surface area contributed by atoms with E-state index >= 15 is 0 Å². The van der Waals surface area contributed by atoms with Crippen LogP contribution in [0.4, 0.5) is 0 Å². The van der Waals surface area contributed by atoms with E-state index in [1.54, 1.807) is 24.3 Å². The molecule has 1 aromatic heterocycles. The summed E-state index contributed by atoms with van der Waals surface area (Å²) in [5.74, 6) is -2.38. The number of carboxylic acid groups (broad SMARTS) is 2.